The van der Waals surface area contributed by atoms with Gasteiger partial charge in [-0.25, -0.2) is 4.79 Å². The summed E-state index contributed by atoms with van der Waals surface area (Å²) >= 11 is 0. The Morgan fingerprint density at radius 1 is 1.04 bits per heavy atom. The van der Waals surface area contributed by atoms with Crippen LogP contribution in [0.5, 0.6) is 0 Å². The average Bonchev–Trinajstić information content (AvgIpc) is 2.73. The minimum atomic E-state index is -0.547. The summed E-state index contributed by atoms with van der Waals surface area (Å²) in [5.41, 5.74) is -0.848. The SMILES string of the molecule is CC(C)(C)NC(=O)C1CC2CCCCC2N1C(=O)OC(C)(C)C. The van der Waals surface area contributed by atoms with Crippen molar-refractivity contribution in [1.82, 2.24) is 10.2 Å². The van der Waals surface area contributed by atoms with Gasteiger partial charge in [-0.05, 0) is 66.7 Å². The number of fused-ring (bicyclic) bond motifs is 1. The fraction of sp³-hybridized carbons (Fsp3) is 0.889. The van der Waals surface area contributed by atoms with E-state index in [2.05, 4.69) is 5.32 Å². The van der Waals surface area contributed by atoms with E-state index >= 15 is 0 Å². The molecule has 0 aromatic heterocycles. The molecule has 2 aliphatic rings. The predicted molar refractivity (Wildman–Crippen MR) is 90.1 cm³/mol. The first-order valence-electron chi connectivity index (χ1n) is 8.81. The van der Waals surface area contributed by atoms with Crippen LogP contribution in [0.15, 0.2) is 0 Å². The number of nitrogens with zero attached hydrogens (tertiary/aromatic N) is 1. The van der Waals surface area contributed by atoms with Gasteiger partial charge in [0.15, 0.2) is 0 Å². The zero-order valence-corrected chi connectivity index (χ0v) is 15.4. The molecule has 1 aliphatic carbocycles. The molecule has 2 amide bonds. The third kappa shape index (κ3) is 4.61. The number of carbonyl (C=O) groups excluding carboxylic acids is 2. The largest absolute Gasteiger partial charge is 0.444 e. The summed E-state index contributed by atoms with van der Waals surface area (Å²) in [5, 5.41) is 3.03. The molecule has 3 atom stereocenters. The van der Waals surface area contributed by atoms with E-state index in [4.69, 9.17) is 4.74 Å². The Bertz CT molecular complexity index is 462. The summed E-state index contributed by atoms with van der Waals surface area (Å²) in [7, 11) is 0. The van der Waals surface area contributed by atoms with Crippen LogP contribution >= 0.6 is 0 Å². The molecule has 2 fully saturated rings. The first-order valence-corrected chi connectivity index (χ1v) is 8.81. The second-order valence-electron chi connectivity index (χ2n) is 8.99. The van der Waals surface area contributed by atoms with Gasteiger partial charge in [0.2, 0.25) is 5.91 Å². The number of rotatable bonds is 1. The van der Waals surface area contributed by atoms with Crippen molar-refractivity contribution in [2.75, 3.05) is 0 Å². The van der Waals surface area contributed by atoms with Crippen molar-refractivity contribution in [3.8, 4) is 0 Å². The van der Waals surface area contributed by atoms with E-state index < -0.39 is 11.6 Å². The van der Waals surface area contributed by atoms with E-state index in [9.17, 15) is 9.59 Å². The Morgan fingerprint density at radius 2 is 1.65 bits per heavy atom. The highest BCUT2D eigenvalue weighted by Crippen LogP contribution is 2.40. The molecule has 5 heteroatoms. The lowest BCUT2D eigenvalue weighted by atomic mass is 9.85. The van der Waals surface area contributed by atoms with Crippen LogP contribution in [-0.4, -0.2) is 40.1 Å². The summed E-state index contributed by atoms with van der Waals surface area (Å²) in [6, 6.07) is -0.258. The number of ether oxygens (including phenoxy) is 1. The van der Waals surface area contributed by atoms with Crippen molar-refractivity contribution in [3.63, 3.8) is 0 Å². The van der Waals surface area contributed by atoms with Crippen molar-refractivity contribution in [2.24, 2.45) is 5.92 Å². The number of nitrogens with one attached hydrogen (secondary N) is 1. The molecule has 1 aliphatic heterocycles. The predicted octanol–water partition coefficient (Wildman–Crippen LogP) is 3.47. The van der Waals surface area contributed by atoms with Crippen LogP contribution in [0.3, 0.4) is 0 Å². The molecule has 5 nitrogen and oxygen atoms in total. The van der Waals surface area contributed by atoms with Crippen LogP contribution in [0.2, 0.25) is 0 Å². The maximum atomic E-state index is 12.7. The number of hydrogen-bond donors (Lipinski definition) is 1. The maximum absolute atomic E-state index is 12.7. The minimum Gasteiger partial charge on any atom is -0.444 e. The molecule has 1 saturated heterocycles. The van der Waals surface area contributed by atoms with Crippen molar-refractivity contribution < 1.29 is 14.3 Å². The zero-order chi connectivity index (χ0) is 17.4. The van der Waals surface area contributed by atoms with Crippen LogP contribution in [0.1, 0.15) is 73.6 Å². The van der Waals surface area contributed by atoms with Gasteiger partial charge in [0.05, 0.1) is 0 Å². The quantitative estimate of drug-likeness (QED) is 0.803. The van der Waals surface area contributed by atoms with Gasteiger partial charge < -0.3 is 10.1 Å². The van der Waals surface area contributed by atoms with Gasteiger partial charge in [0.1, 0.15) is 11.6 Å². The van der Waals surface area contributed by atoms with Gasteiger partial charge >= 0.3 is 6.09 Å². The van der Waals surface area contributed by atoms with Gasteiger partial charge in [0, 0.05) is 11.6 Å². The van der Waals surface area contributed by atoms with Gasteiger partial charge in [-0.15, -0.1) is 0 Å². The normalized spacial score (nSPS) is 28.3. The fourth-order valence-corrected chi connectivity index (χ4v) is 3.72. The van der Waals surface area contributed by atoms with E-state index in [1.807, 2.05) is 41.5 Å². The lowest BCUT2D eigenvalue weighted by Crippen LogP contribution is -2.54. The third-order valence-corrected chi connectivity index (χ3v) is 4.49. The highest BCUT2D eigenvalue weighted by Gasteiger charge is 2.49. The Kier molecular flexibility index (Phi) is 4.97. The Morgan fingerprint density at radius 3 is 2.22 bits per heavy atom. The van der Waals surface area contributed by atoms with E-state index in [1.54, 1.807) is 4.90 Å². The van der Waals surface area contributed by atoms with Gasteiger partial charge in [0.25, 0.3) is 0 Å². The summed E-state index contributed by atoms with van der Waals surface area (Å²) in [6.45, 7) is 11.5. The molecule has 0 spiro atoms. The first-order chi connectivity index (χ1) is 10.5. The topological polar surface area (TPSA) is 58.6 Å². The minimum absolute atomic E-state index is 0.0576. The summed E-state index contributed by atoms with van der Waals surface area (Å²) in [5.74, 6) is 0.366. The van der Waals surface area contributed by atoms with E-state index in [1.165, 1.54) is 6.42 Å². The standard InChI is InChI=1S/C18H32N2O3/c1-17(2,3)19-15(21)14-11-12-9-7-8-10-13(12)20(14)16(22)23-18(4,5)6/h12-14H,7-11H2,1-6H3,(H,19,21). The van der Waals surface area contributed by atoms with Crippen LogP contribution in [0, 0.1) is 5.92 Å². The fourth-order valence-electron chi connectivity index (χ4n) is 3.72. The zero-order valence-electron chi connectivity index (χ0n) is 15.4. The van der Waals surface area contributed by atoms with Gasteiger partial charge in [-0.2, -0.15) is 0 Å². The van der Waals surface area contributed by atoms with Crippen LogP contribution in [-0.2, 0) is 9.53 Å². The van der Waals surface area contributed by atoms with Gasteiger partial charge in [-0.3, -0.25) is 9.69 Å². The van der Waals surface area contributed by atoms with Crippen LogP contribution in [0.4, 0.5) is 4.79 Å². The number of hydrogen-bond acceptors (Lipinski definition) is 3. The maximum Gasteiger partial charge on any atom is 0.411 e. The van der Waals surface area contributed by atoms with Crippen LogP contribution in [0.25, 0.3) is 0 Å². The molecule has 132 valence electrons. The molecule has 2 rings (SSSR count). The molecule has 0 bridgehead atoms. The highest BCUT2D eigenvalue weighted by atomic mass is 16.6. The second-order valence-corrected chi connectivity index (χ2v) is 8.99. The van der Waals surface area contributed by atoms with Crippen molar-refractivity contribution >= 4 is 12.0 Å². The number of likely N-dealkylation sites (tertiary alicyclic amines) is 1. The molecular formula is C18H32N2O3. The molecular weight excluding hydrogens is 292 g/mol. The Labute approximate surface area is 140 Å². The first kappa shape index (κ1) is 18.1. The molecule has 1 heterocycles. The van der Waals surface area contributed by atoms with E-state index in [0.717, 1.165) is 25.7 Å². The molecule has 0 aromatic rings. The molecule has 0 aromatic carbocycles. The number of amides is 2. The lowest BCUT2D eigenvalue weighted by molar-refractivity contribution is -0.127. The smallest absolute Gasteiger partial charge is 0.411 e. The van der Waals surface area contributed by atoms with Crippen molar-refractivity contribution in [2.45, 2.75) is 96.9 Å². The van der Waals surface area contributed by atoms with Crippen molar-refractivity contribution in [3.05, 3.63) is 0 Å². The Hall–Kier alpha value is -1.26. The molecule has 3 unspecified atom stereocenters. The monoisotopic (exact) mass is 324 g/mol. The third-order valence-electron chi connectivity index (χ3n) is 4.49. The highest BCUT2D eigenvalue weighted by molar-refractivity contribution is 5.87. The van der Waals surface area contributed by atoms with Gasteiger partial charge in [-0.1, -0.05) is 12.8 Å². The Balaban J connectivity index is 2.20. The number of carbonyl (C=O) groups is 2. The summed E-state index contributed by atoms with van der Waals surface area (Å²) in [6.07, 6.45) is 4.80. The van der Waals surface area contributed by atoms with Crippen molar-refractivity contribution in [1.29, 1.82) is 0 Å². The lowest BCUT2D eigenvalue weighted by Gasteiger charge is -2.35. The van der Waals surface area contributed by atoms with Crippen LogP contribution < -0.4 is 5.32 Å². The molecule has 1 saturated carbocycles. The second kappa shape index (κ2) is 6.33. The average molecular weight is 324 g/mol. The molecule has 23 heavy (non-hydrogen) atoms. The van der Waals surface area contributed by atoms with E-state index in [0.29, 0.717) is 5.92 Å². The molecule has 1 N–H and O–H groups in total. The summed E-state index contributed by atoms with van der Waals surface area (Å²) in [4.78, 5) is 27.2. The van der Waals surface area contributed by atoms with E-state index in [-0.39, 0.29) is 23.6 Å². The molecule has 0 radical (unpaired) electrons. The summed E-state index contributed by atoms with van der Waals surface area (Å²) < 4.78 is 5.59.